The average molecular weight is 198 g/mol. The predicted octanol–water partition coefficient (Wildman–Crippen LogP) is 2.54. The van der Waals surface area contributed by atoms with Crippen LogP contribution in [0.25, 0.3) is 0 Å². The third-order valence-electron chi connectivity index (χ3n) is 3.31. The highest BCUT2D eigenvalue weighted by molar-refractivity contribution is 5.82. The van der Waals surface area contributed by atoms with Gasteiger partial charge in [-0.05, 0) is 38.0 Å². The molecule has 2 heteroatoms. The summed E-state index contributed by atoms with van der Waals surface area (Å²) < 4.78 is 0. The smallest absolute Gasteiger partial charge is 0.135 e. The van der Waals surface area contributed by atoms with Gasteiger partial charge < -0.3 is 5.11 Å². The number of rotatable bonds is 6. The predicted molar refractivity (Wildman–Crippen MR) is 57.1 cm³/mol. The Kier molecular flexibility index (Phi) is 5.16. The Morgan fingerprint density at radius 3 is 2.79 bits per heavy atom. The van der Waals surface area contributed by atoms with Crippen molar-refractivity contribution in [2.45, 2.75) is 51.9 Å². The molecule has 2 unspecified atom stereocenters. The zero-order valence-electron chi connectivity index (χ0n) is 9.17. The molecule has 1 aliphatic rings. The summed E-state index contributed by atoms with van der Waals surface area (Å²) in [5, 5.41) is 9.11. The maximum atomic E-state index is 11.4. The summed E-state index contributed by atoms with van der Waals surface area (Å²) in [5.41, 5.74) is 0. The fraction of sp³-hybridized carbons (Fsp3) is 0.917. The summed E-state index contributed by atoms with van der Waals surface area (Å²) in [5.74, 6) is 1.20. The molecule has 0 amide bonds. The highest BCUT2D eigenvalue weighted by atomic mass is 16.3. The molecule has 0 saturated heterocycles. The van der Waals surface area contributed by atoms with E-state index in [0.29, 0.717) is 17.6 Å². The molecule has 2 atom stereocenters. The summed E-state index contributed by atoms with van der Waals surface area (Å²) in [6.45, 7) is 2.43. The van der Waals surface area contributed by atoms with E-state index in [2.05, 4.69) is 6.92 Å². The van der Waals surface area contributed by atoms with E-state index in [4.69, 9.17) is 5.11 Å². The van der Waals surface area contributed by atoms with Gasteiger partial charge in [0.2, 0.25) is 0 Å². The molecule has 1 rings (SSSR count). The molecule has 1 aliphatic carbocycles. The topological polar surface area (TPSA) is 37.3 Å². The van der Waals surface area contributed by atoms with E-state index in [-0.39, 0.29) is 6.61 Å². The normalized spacial score (nSPS) is 24.1. The highest BCUT2D eigenvalue weighted by Gasteiger charge is 2.24. The van der Waals surface area contributed by atoms with Crippen LogP contribution in [0.15, 0.2) is 0 Å². The largest absolute Gasteiger partial charge is 0.396 e. The number of hydrogen-bond donors (Lipinski definition) is 1. The quantitative estimate of drug-likeness (QED) is 0.712. The molecular formula is C12H22O2. The molecule has 0 aromatic carbocycles. The standard InChI is InChI=1S/C12H22O2/c1-2-4-10(9-13)7-8-11-5-3-6-12(11)14/h10-11,13H,2-9H2,1H3. The minimum atomic E-state index is 0.286. The fourth-order valence-electron chi connectivity index (χ4n) is 2.37. The average Bonchev–Trinajstić information content (AvgIpc) is 2.59. The van der Waals surface area contributed by atoms with E-state index < -0.39 is 0 Å². The Labute approximate surface area is 86.7 Å². The first-order valence-electron chi connectivity index (χ1n) is 5.91. The maximum absolute atomic E-state index is 11.4. The molecule has 0 bridgehead atoms. The van der Waals surface area contributed by atoms with Gasteiger partial charge in [0, 0.05) is 18.9 Å². The van der Waals surface area contributed by atoms with Crippen LogP contribution in [-0.4, -0.2) is 17.5 Å². The van der Waals surface area contributed by atoms with Crippen LogP contribution in [-0.2, 0) is 4.79 Å². The van der Waals surface area contributed by atoms with Crippen molar-refractivity contribution in [3.63, 3.8) is 0 Å². The van der Waals surface area contributed by atoms with Gasteiger partial charge in [-0.1, -0.05) is 13.3 Å². The molecule has 0 aliphatic heterocycles. The highest BCUT2D eigenvalue weighted by Crippen LogP contribution is 2.27. The van der Waals surface area contributed by atoms with Crippen LogP contribution in [0.4, 0.5) is 0 Å². The SMILES string of the molecule is CCCC(CO)CCC1CCCC1=O. The summed E-state index contributed by atoms with van der Waals surface area (Å²) >= 11 is 0. The third-order valence-corrected chi connectivity index (χ3v) is 3.31. The van der Waals surface area contributed by atoms with E-state index in [9.17, 15) is 4.79 Å². The number of aliphatic hydroxyl groups excluding tert-OH is 1. The monoisotopic (exact) mass is 198 g/mol. The van der Waals surface area contributed by atoms with Gasteiger partial charge >= 0.3 is 0 Å². The van der Waals surface area contributed by atoms with E-state index in [0.717, 1.165) is 44.9 Å². The minimum Gasteiger partial charge on any atom is -0.396 e. The van der Waals surface area contributed by atoms with Crippen LogP contribution < -0.4 is 0 Å². The Bertz CT molecular complexity index is 177. The number of carbonyl (C=O) groups excluding carboxylic acids is 1. The molecule has 14 heavy (non-hydrogen) atoms. The molecule has 0 aromatic heterocycles. The van der Waals surface area contributed by atoms with Gasteiger partial charge in [-0.2, -0.15) is 0 Å². The summed E-state index contributed by atoms with van der Waals surface area (Å²) in [7, 11) is 0. The second-order valence-corrected chi connectivity index (χ2v) is 4.47. The van der Waals surface area contributed by atoms with Crippen molar-refractivity contribution in [3.05, 3.63) is 0 Å². The number of hydrogen-bond acceptors (Lipinski definition) is 2. The van der Waals surface area contributed by atoms with Crippen molar-refractivity contribution in [3.8, 4) is 0 Å². The van der Waals surface area contributed by atoms with Crippen LogP contribution in [0.1, 0.15) is 51.9 Å². The molecule has 0 aromatic rings. The second-order valence-electron chi connectivity index (χ2n) is 4.47. The molecule has 0 radical (unpaired) electrons. The minimum absolute atomic E-state index is 0.286. The fourth-order valence-corrected chi connectivity index (χ4v) is 2.37. The number of carbonyl (C=O) groups is 1. The molecule has 1 fully saturated rings. The van der Waals surface area contributed by atoms with Crippen LogP contribution in [0.3, 0.4) is 0 Å². The van der Waals surface area contributed by atoms with Crippen molar-refractivity contribution in [1.29, 1.82) is 0 Å². The van der Waals surface area contributed by atoms with Crippen molar-refractivity contribution in [2.75, 3.05) is 6.61 Å². The van der Waals surface area contributed by atoms with Crippen LogP contribution in [0.5, 0.6) is 0 Å². The summed E-state index contributed by atoms with van der Waals surface area (Å²) in [4.78, 5) is 11.4. The van der Waals surface area contributed by atoms with Gasteiger partial charge in [0.05, 0.1) is 0 Å². The molecule has 1 N–H and O–H groups in total. The van der Waals surface area contributed by atoms with Crippen molar-refractivity contribution < 1.29 is 9.90 Å². The van der Waals surface area contributed by atoms with E-state index in [1.807, 2.05) is 0 Å². The van der Waals surface area contributed by atoms with Crippen LogP contribution in [0, 0.1) is 11.8 Å². The summed E-state index contributed by atoms with van der Waals surface area (Å²) in [6, 6.07) is 0. The van der Waals surface area contributed by atoms with Crippen molar-refractivity contribution in [2.24, 2.45) is 11.8 Å². The lowest BCUT2D eigenvalue weighted by Crippen LogP contribution is -2.11. The Morgan fingerprint density at radius 1 is 1.50 bits per heavy atom. The summed E-state index contributed by atoms with van der Waals surface area (Å²) in [6.07, 6.45) is 7.22. The van der Waals surface area contributed by atoms with Crippen molar-refractivity contribution in [1.82, 2.24) is 0 Å². The molecular weight excluding hydrogens is 176 g/mol. The Hall–Kier alpha value is -0.370. The van der Waals surface area contributed by atoms with Crippen LogP contribution >= 0.6 is 0 Å². The lowest BCUT2D eigenvalue weighted by atomic mass is 9.92. The number of Topliss-reactive ketones (excluding diaryl/α,β-unsaturated/α-hetero) is 1. The molecule has 1 saturated carbocycles. The Balaban J connectivity index is 2.20. The molecule has 0 spiro atoms. The van der Waals surface area contributed by atoms with Gasteiger partial charge in [-0.15, -0.1) is 0 Å². The lowest BCUT2D eigenvalue weighted by molar-refractivity contribution is -0.120. The van der Waals surface area contributed by atoms with Gasteiger partial charge in [0.25, 0.3) is 0 Å². The maximum Gasteiger partial charge on any atom is 0.135 e. The molecule has 2 nitrogen and oxygen atoms in total. The van der Waals surface area contributed by atoms with Crippen molar-refractivity contribution >= 4 is 5.78 Å². The molecule has 82 valence electrons. The lowest BCUT2D eigenvalue weighted by Gasteiger charge is -2.14. The van der Waals surface area contributed by atoms with E-state index in [1.54, 1.807) is 0 Å². The van der Waals surface area contributed by atoms with Crippen LogP contribution in [0.2, 0.25) is 0 Å². The van der Waals surface area contributed by atoms with Gasteiger partial charge in [-0.25, -0.2) is 0 Å². The van der Waals surface area contributed by atoms with Gasteiger partial charge in [0.1, 0.15) is 5.78 Å². The Morgan fingerprint density at radius 2 is 2.29 bits per heavy atom. The number of aliphatic hydroxyl groups is 1. The first kappa shape index (κ1) is 11.7. The third kappa shape index (κ3) is 3.41. The van der Waals surface area contributed by atoms with Gasteiger partial charge in [-0.3, -0.25) is 4.79 Å². The first-order chi connectivity index (χ1) is 6.77. The molecule has 0 heterocycles. The zero-order chi connectivity index (χ0) is 10.4. The second kappa shape index (κ2) is 6.18. The zero-order valence-corrected chi connectivity index (χ0v) is 9.17. The number of ketones is 1. The first-order valence-corrected chi connectivity index (χ1v) is 5.91. The van der Waals surface area contributed by atoms with Gasteiger partial charge in [0.15, 0.2) is 0 Å². The van der Waals surface area contributed by atoms with E-state index >= 15 is 0 Å². The van der Waals surface area contributed by atoms with E-state index in [1.165, 1.54) is 0 Å².